The first-order chi connectivity index (χ1) is 12.7. The van der Waals surface area contributed by atoms with Crippen LogP contribution in [0, 0.1) is 0 Å². The molecule has 2 rings (SSSR count). The lowest BCUT2D eigenvalue weighted by molar-refractivity contribution is 0.340. The second-order valence-corrected chi connectivity index (χ2v) is 10.6. The first kappa shape index (κ1) is 21.2. The van der Waals surface area contributed by atoms with Crippen molar-refractivity contribution in [3.63, 3.8) is 0 Å². The van der Waals surface area contributed by atoms with Crippen LogP contribution in [-0.4, -0.2) is 41.0 Å². The molecule has 0 aromatic heterocycles. The van der Waals surface area contributed by atoms with Gasteiger partial charge >= 0.3 is 0 Å². The average molecular weight is 412 g/mol. The Morgan fingerprint density at radius 3 is 2.04 bits per heavy atom. The van der Waals surface area contributed by atoms with Crippen LogP contribution < -0.4 is 9.04 Å². The molecule has 148 valence electrons. The molecule has 0 atom stereocenters. The van der Waals surface area contributed by atoms with Gasteiger partial charge in [0.05, 0.1) is 16.3 Å². The Bertz CT molecular complexity index is 937. The Balaban J connectivity index is 2.19. The Morgan fingerprint density at radius 2 is 1.52 bits per heavy atom. The lowest BCUT2D eigenvalue weighted by Gasteiger charge is -2.28. The number of hydrogen-bond donors (Lipinski definition) is 0. The van der Waals surface area contributed by atoms with Gasteiger partial charge in [0.2, 0.25) is 0 Å². The van der Waals surface area contributed by atoms with Crippen molar-refractivity contribution in [2.24, 2.45) is 0 Å². The van der Waals surface area contributed by atoms with E-state index in [-0.39, 0.29) is 29.0 Å². The highest BCUT2D eigenvalue weighted by Crippen LogP contribution is 2.27. The van der Waals surface area contributed by atoms with Gasteiger partial charge in [-0.05, 0) is 50.2 Å². The molecule has 0 fully saturated rings. The molecule has 0 bridgehead atoms. The van der Waals surface area contributed by atoms with Crippen molar-refractivity contribution in [3.05, 3.63) is 54.6 Å². The molecule has 0 saturated carbocycles. The van der Waals surface area contributed by atoms with E-state index in [0.717, 1.165) is 0 Å². The highest BCUT2D eigenvalue weighted by Gasteiger charge is 2.27. The fourth-order valence-corrected chi connectivity index (χ4v) is 4.83. The van der Waals surface area contributed by atoms with E-state index in [9.17, 15) is 16.8 Å². The summed E-state index contributed by atoms with van der Waals surface area (Å²) in [5.41, 5.74) is 0.595. The minimum Gasteiger partial charge on any atom is -0.493 e. The SMILES string of the molecule is CCS(=O)(=O)CCOc1ccc(S(=O)(=O)N(c2ccccc2)C(C)C)cc1. The van der Waals surface area contributed by atoms with Crippen molar-refractivity contribution < 1.29 is 21.6 Å². The maximum absolute atomic E-state index is 13.1. The Labute approximate surface area is 161 Å². The van der Waals surface area contributed by atoms with Gasteiger partial charge in [0.15, 0.2) is 9.84 Å². The standard InChI is InChI=1S/C19H25NO5S2/c1-4-26(21,22)15-14-25-18-10-12-19(13-11-18)27(23,24)20(16(2)3)17-8-6-5-7-9-17/h5-13,16H,4,14-15H2,1-3H3. The lowest BCUT2D eigenvalue weighted by atomic mass is 10.3. The van der Waals surface area contributed by atoms with Crippen LogP contribution in [0.4, 0.5) is 5.69 Å². The third-order valence-electron chi connectivity index (χ3n) is 3.96. The van der Waals surface area contributed by atoms with Crippen LogP contribution in [0.2, 0.25) is 0 Å². The number of sulfonamides is 1. The van der Waals surface area contributed by atoms with Crippen molar-refractivity contribution in [3.8, 4) is 5.75 Å². The number of nitrogens with zero attached hydrogens (tertiary/aromatic N) is 1. The minimum absolute atomic E-state index is 0.0321. The number of sulfone groups is 1. The van der Waals surface area contributed by atoms with Gasteiger partial charge in [-0.25, -0.2) is 16.8 Å². The molecule has 8 heteroatoms. The van der Waals surface area contributed by atoms with Crippen molar-refractivity contribution in [1.82, 2.24) is 0 Å². The van der Waals surface area contributed by atoms with Crippen molar-refractivity contribution in [2.75, 3.05) is 22.4 Å². The van der Waals surface area contributed by atoms with Crippen LogP contribution in [-0.2, 0) is 19.9 Å². The summed E-state index contributed by atoms with van der Waals surface area (Å²) in [4.78, 5) is 0.147. The average Bonchev–Trinajstić information content (AvgIpc) is 2.62. The molecule has 0 N–H and O–H groups in total. The number of para-hydroxylation sites is 1. The number of anilines is 1. The largest absolute Gasteiger partial charge is 0.493 e. The van der Waals surface area contributed by atoms with E-state index in [1.165, 1.54) is 28.6 Å². The molecular formula is C19H25NO5S2. The van der Waals surface area contributed by atoms with Gasteiger partial charge in [-0.3, -0.25) is 4.31 Å². The third-order valence-corrected chi connectivity index (χ3v) is 7.65. The van der Waals surface area contributed by atoms with Crippen molar-refractivity contribution in [1.29, 1.82) is 0 Å². The van der Waals surface area contributed by atoms with Crippen LogP contribution >= 0.6 is 0 Å². The molecule has 27 heavy (non-hydrogen) atoms. The molecule has 0 amide bonds. The molecule has 0 radical (unpaired) electrons. The molecule has 0 unspecified atom stereocenters. The Kier molecular flexibility index (Phi) is 6.89. The molecular weight excluding hydrogens is 386 g/mol. The smallest absolute Gasteiger partial charge is 0.264 e. The summed E-state index contributed by atoms with van der Waals surface area (Å²) in [5.74, 6) is 0.424. The number of benzene rings is 2. The summed E-state index contributed by atoms with van der Waals surface area (Å²) in [5, 5.41) is 0. The minimum atomic E-state index is -3.74. The van der Waals surface area contributed by atoms with Gasteiger partial charge in [-0.1, -0.05) is 25.1 Å². The Morgan fingerprint density at radius 1 is 0.926 bits per heavy atom. The molecule has 0 saturated heterocycles. The van der Waals surface area contributed by atoms with Crippen LogP contribution in [0.25, 0.3) is 0 Å². The summed E-state index contributed by atoms with van der Waals surface area (Å²) in [6.45, 7) is 5.25. The molecule has 0 heterocycles. The maximum Gasteiger partial charge on any atom is 0.264 e. The summed E-state index contributed by atoms with van der Waals surface area (Å²) in [6.07, 6.45) is 0. The molecule has 0 aliphatic heterocycles. The second kappa shape index (κ2) is 8.75. The third kappa shape index (κ3) is 5.46. The number of rotatable bonds is 9. The van der Waals surface area contributed by atoms with Gasteiger partial charge < -0.3 is 4.74 Å². The van der Waals surface area contributed by atoms with Crippen LogP contribution in [0.5, 0.6) is 5.75 Å². The molecule has 0 aliphatic rings. The van der Waals surface area contributed by atoms with E-state index in [2.05, 4.69) is 0 Å². The van der Waals surface area contributed by atoms with Crippen LogP contribution in [0.1, 0.15) is 20.8 Å². The van der Waals surface area contributed by atoms with Gasteiger partial charge in [0.1, 0.15) is 12.4 Å². The first-order valence-electron chi connectivity index (χ1n) is 8.70. The summed E-state index contributed by atoms with van der Waals surface area (Å²) < 4.78 is 55.9. The fourth-order valence-electron chi connectivity index (χ4n) is 2.54. The van der Waals surface area contributed by atoms with Crippen molar-refractivity contribution >= 4 is 25.5 Å². The quantitative estimate of drug-likeness (QED) is 0.633. The van der Waals surface area contributed by atoms with E-state index in [1.54, 1.807) is 31.2 Å². The van der Waals surface area contributed by atoms with E-state index in [4.69, 9.17) is 4.74 Å². The first-order valence-corrected chi connectivity index (χ1v) is 12.0. The zero-order valence-electron chi connectivity index (χ0n) is 15.7. The van der Waals surface area contributed by atoms with Gasteiger partial charge in [-0.15, -0.1) is 0 Å². The lowest BCUT2D eigenvalue weighted by Crippen LogP contribution is -2.36. The second-order valence-electron chi connectivity index (χ2n) is 6.29. The molecule has 0 spiro atoms. The zero-order valence-corrected chi connectivity index (χ0v) is 17.3. The summed E-state index contributed by atoms with van der Waals surface area (Å²) in [7, 11) is -6.84. The van der Waals surface area contributed by atoms with Crippen LogP contribution in [0.15, 0.2) is 59.5 Å². The maximum atomic E-state index is 13.1. The van der Waals surface area contributed by atoms with Crippen LogP contribution in [0.3, 0.4) is 0 Å². The van der Waals surface area contributed by atoms with Gasteiger partial charge in [0, 0.05) is 11.8 Å². The topological polar surface area (TPSA) is 80.8 Å². The van der Waals surface area contributed by atoms with Gasteiger partial charge in [0.25, 0.3) is 10.0 Å². The van der Waals surface area contributed by atoms with E-state index < -0.39 is 19.9 Å². The van der Waals surface area contributed by atoms with E-state index >= 15 is 0 Å². The highest BCUT2D eigenvalue weighted by molar-refractivity contribution is 7.93. The molecule has 2 aromatic rings. The number of ether oxygens (including phenoxy) is 1. The monoisotopic (exact) mass is 411 g/mol. The van der Waals surface area contributed by atoms with E-state index in [1.807, 2.05) is 19.9 Å². The number of hydrogen-bond acceptors (Lipinski definition) is 5. The summed E-state index contributed by atoms with van der Waals surface area (Å²) in [6, 6.07) is 14.7. The summed E-state index contributed by atoms with van der Waals surface area (Å²) >= 11 is 0. The van der Waals surface area contributed by atoms with Crippen molar-refractivity contribution in [2.45, 2.75) is 31.7 Å². The molecule has 0 aliphatic carbocycles. The zero-order chi connectivity index (χ0) is 20.1. The predicted octanol–water partition coefficient (Wildman–Crippen LogP) is 3.10. The van der Waals surface area contributed by atoms with Gasteiger partial charge in [-0.2, -0.15) is 0 Å². The Hall–Kier alpha value is -2.06. The predicted molar refractivity (Wildman–Crippen MR) is 108 cm³/mol. The molecule has 2 aromatic carbocycles. The molecule has 6 nitrogen and oxygen atoms in total. The highest BCUT2D eigenvalue weighted by atomic mass is 32.2. The normalized spacial score (nSPS) is 12.1. The van der Waals surface area contributed by atoms with E-state index in [0.29, 0.717) is 11.4 Å². The fraction of sp³-hybridized carbons (Fsp3) is 0.368.